The maximum atomic E-state index is 11.1. The van der Waals surface area contributed by atoms with Crippen molar-refractivity contribution in [1.82, 2.24) is 10.3 Å². The van der Waals surface area contributed by atoms with Crippen LogP contribution in [0.4, 0.5) is 5.69 Å². The van der Waals surface area contributed by atoms with E-state index in [0.29, 0.717) is 11.8 Å². The number of carbonyl (C=O) groups is 1. The van der Waals surface area contributed by atoms with Gasteiger partial charge >= 0.3 is 0 Å². The van der Waals surface area contributed by atoms with Gasteiger partial charge in [-0.25, -0.2) is 4.98 Å². The van der Waals surface area contributed by atoms with Crippen molar-refractivity contribution in [3.63, 3.8) is 0 Å². The van der Waals surface area contributed by atoms with Gasteiger partial charge < -0.3 is 15.1 Å². The molecule has 0 unspecified atom stereocenters. The molecule has 6 heteroatoms. The summed E-state index contributed by atoms with van der Waals surface area (Å²) in [5.41, 5.74) is 4.46. The Balaban J connectivity index is 1.88. The number of hydrogen-bond acceptors (Lipinski definition) is 4. The first-order chi connectivity index (χ1) is 12.5. The molecule has 1 amide bonds. The van der Waals surface area contributed by atoms with Gasteiger partial charge in [0.05, 0.1) is 0 Å². The molecule has 3 aromatic rings. The molecule has 0 radical (unpaired) electrons. The Morgan fingerprint density at radius 1 is 1.27 bits per heavy atom. The molecule has 0 saturated carbocycles. The van der Waals surface area contributed by atoms with Gasteiger partial charge in [0.1, 0.15) is 5.52 Å². The smallest absolute Gasteiger partial charge is 0.227 e. The first-order valence-electron chi connectivity index (χ1n) is 8.55. The molecule has 1 heterocycles. The summed E-state index contributed by atoms with van der Waals surface area (Å²) in [6.07, 6.45) is 1.08. The van der Waals surface area contributed by atoms with E-state index in [-0.39, 0.29) is 11.0 Å². The number of rotatable bonds is 4. The lowest BCUT2D eigenvalue weighted by atomic mass is 9.98. The number of thiocarbonyl (C=S) groups is 1. The van der Waals surface area contributed by atoms with E-state index in [1.54, 1.807) is 0 Å². The molecule has 0 spiro atoms. The van der Waals surface area contributed by atoms with Gasteiger partial charge in [-0.05, 0) is 60.5 Å². The van der Waals surface area contributed by atoms with Crippen molar-refractivity contribution in [3.05, 3.63) is 48.0 Å². The molecule has 0 bridgehead atoms. The van der Waals surface area contributed by atoms with E-state index in [4.69, 9.17) is 16.6 Å². The highest BCUT2D eigenvalue weighted by Gasteiger charge is 2.11. The lowest BCUT2D eigenvalue weighted by Gasteiger charge is -2.08. The van der Waals surface area contributed by atoms with Crippen LogP contribution in [0.2, 0.25) is 0 Å². The molecule has 2 N–H and O–H groups in total. The standard InChI is InChI=1S/C20H21N3O2S/c1-4-12(2)14-8-9-18-17(11-14)23-19(25-18)15-6-5-7-16(10-15)22-20(26)21-13(3)24/h5-12H,4H2,1-3H3,(H2,21,22,24,26)/t12-/m1/s1. The number of fused-ring (bicyclic) bond motifs is 1. The number of nitrogens with one attached hydrogen (secondary N) is 2. The zero-order chi connectivity index (χ0) is 18.7. The molecule has 2 aromatic carbocycles. The van der Waals surface area contributed by atoms with Gasteiger partial charge in [-0.3, -0.25) is 4.79 Å². The van der Waals surface area contributed by atoms with Crippen LogP contribution in [0.15, 0.2) is 46.9 Å². The zero-order valence-corrected chi connectivity index (χ0v) is 15.8. The van der Waals surface area contributed by atoms with Crippen molar-refractivity contribution >= 4 is 40.0 Å². The van der Waals surface area contributed by atoms with E-state index in [0.717, 1.165) is 28.8 Å². The SMILES string of the molecule is CC[C@@H](C)c1ccc2oc(-c3cccc(NC(=S)NC(C)=O)c3)nc2c1. The molecule has 1 aromatic heterocycles. The maximum Gasteiger partial charge on any atom is 0.227 e. The summed E-state index contributed by atoms with van der Waals surface area (Å²) in [6, 6.07) is 13.7. The van der Waals surface area contributed by atoms with Crippen LogP contribution in [0.3, 0.4) is 0 Å². The average Bonchev–Trinajstić information content (AvgIpc) is 3.03. The Morgan fingerprint density at radius 3 is 2.81 bits per heavy atom. The summed E-state index contributed by atoms with van der Waals surface area (Å²) < 4.78 is 5.91. The zero-order valence-electron chi connectivity index (χ0n) is 15.0. The van der Waals surface area contributed by atoms with Crippen molar-refractivity contribution in [2.75, 3.05) is 5.32 Å². The first kappa shape index (κ1) is 18.1. The number of anilines is 1. The number of oxazole rings is 1. The molecular weight excluding hydrogens is 346 g/mol. The van der Waals surface area contributed by atoms with Crippen molar-refractivity contribution in [1.29, 1.82) is 0 Å². The number of benzene rings is 2. The highest BCUT2D eigenvalue weighted by molar-refractivity contribution is 7.80. The van der Waals surface area contributed by atoms with Crippen LogP contribution in [0.1, 0.15) is 38.7 Å². The molecule has 0 aliphatic heterocycles. The van der Waals surface area contributed by atoms with E-state index in [1.807, 2.05) is 30.3 Å². The number of aromatic nitrogens is 1. The second-order valence-corrected chi connectivity index (χ2v) is 6.68. The third kappa shape index (κ3) is 4.08. The highest BCUT2D eigenvalue weighted by Crippen LogP contribution is 2.29. The van der Waals surface area contributed by atoms with Crippen molar-refractivity contribution in [3.8, 4) is 11.5 Å². The van der Waals surface area contributed by atoms with Crippen molar-refractivity contribution in [2.45, 2.75) is 33.1 Å². The van der Waals surface area contributed by atoms with Crippen LogP contribution in [0.25, 0.3) is 22.6 Å². The molecule has 1 atom stereocenters. The van der Waals surface area contributed by atoms with Crippen LogP contribution < -0.4 is 10.6 Å². The van der Waals surface area contributed by atoms with Crippen LogP contribution >= 0.6 is 12.2 Å². The minimum Gasteiger partial charge on any atom is -0.436 e. The molecule has 0 aliphatic rings. The van der Waals surface area contributed by atoms with Gasteiger partial charge in [0.25, 0.3) is 0 Å². The normalized spacial score (nSPS) is 12.0. The molecule has 26 heavy (non-hydrogen) atoms. The largest absolute Gasteiger partial charge is 0.436 e. The Bertz CT molecular complexity index is 965. The number of nitrogens with zero attached hydrogens (tertiary/aromatic N) is 1. The maximum absolute atomic E-state index is 11.1. The number of hydrogen-bond donors (Lipinski definition) is 2. The second kappa shape index (κ2) is 7.66. The summed E-state index contributed by atoms with van der Waals surface area (Å²) in [4.78, 5) is 15.7. The summed E-state index contributed by atoms with van der Waals surface area (Å²) in [5.74, 6) is 0.826. The van der Waals surface area contributed by atoms with Gasteiger partial charge in [0, 0.05) is 18.2 Å². The summed E-state index contributed by atoms with van der Waals surface area (Å²) in [6.45, 7) is 5.79. The monoisotopic (exact) mass is 367 g/mol. The molecule has 3 rings (SSSR count). The topological polar surface area (TPSA) is 67.2 Å². The minimum atomic E-state index is -0.213. The second-order valence-electron chi connectivity index (χ2n) is 6.27. The highest BCUT2D eigenvalue weighted by atomic mass is 32.1. The van der Waals surface area contributed by atoms with Crippen LogP contribution in [0.5, 0.6) is 0 Å². The summed E-state index contributed by atoms with van der Waals surface area (Å²) >= 11 is 5.09. The number of carbonyl (C=O) groups excluding carboxylic acids is 1. The summed E-state index contributed by atoms with van der Waals surface area (Å²) in [7, 11) is 0. The summed E-state index contributed by atoms with van der Waals surface area (Å²) in [5, 5.41) is 5.77. The third-order valence-electron chi connectivity index (χ3n) is 4.25. The lowest BCUT2D eigenvalue weighted by molar-refractivity contribution is -0.117. The van der Waals surface area contributed by atoms with Gasteiger partial charge in [0.2, 0.25) is 11.8 Å². The van der Waals surface area contributed by atoms with Crippen LogP contribution in [-0.2, 0) is 4.79 Å². The third-order valence-corrected chi connectivity index (χ3v) is 4.45. The van der Waals surface area contributed by atoms with E-state index in [9.17, 15) is 4.79 Å². The van der Waals surface area contributed by atoms with Crippen LogP contribution in [0, 0.1) is 0 Å². The van der Waals surface area contributed by atoms with E-state index >= 15 is 0 Å². The average molecular weight is 367 g/mol. The van der Waals surface area contributed by atoms with Gasteiger partial charge in [0.15, 0.2) is 10.7 Å². The quantitative estimate of drug-likeness (QED) is 0.646. The van der Waals surface area contributed by atoms with E-state index < -0.39 is 0 Å². The fourth-order valence-corrected chi connectivity index (χ4v) is 2.92. The fourth-order valence-electron chi connectivity index (χ4n) is 2.66. The molecule has 0 aliphatic carbocycles. The van der Waals surface area contributed by atoms with Gasteiger partial charge in [-0.15, -0.1) is 0 Å². The van der Waals surface area contributed by atoms with Crippen molar-refractivity contribution < 1.29 is 9.21 Å². The van der Waals surface area contributed by atoms with Crippen LogP contribution in [-0.4, -0.2) is 16.0 Å². The Labute approximate surface area is 157 Å². The Hall–Kier alpha value is -2.73. The molecule has 0 fully saturated rings. The Morgan fingerprint density at radius 2 is 2.08 bits per heavy atom. The van der Waals surface area contributed by atoms with E-state index in [2.05, 4.69) is 41.6 Å². The van der Waals surface area contributed by atoms with Crippen molar-refractivity contribution in [2.24, 2.45) is 0 Å². The molecule has 134 valence electrons. The minimum absolute atomic E-state index is 0.213. The predicted molar refractivity (Wildman–Crippen MR) is 108 cm³/mol. The molecular formula is C20H21N3O2S. The Kier molecular flexibility index (Phi) is 5.32. The van der Waals surface area contributed by atoms with Gasteiger partial charge in [-0.2, -0.15) is 0 Å². The lowest BCUT2D eigenvalue weighted by Crippen LogP contribution is -2.32. The van der Waals surface area contributed by atoms with E-state index in [1.165, 1.54) is 12.5 Å². The predicted octanol–water partition coefficient (Wildman–Crippen LogP) is 4.84. The molecule has 5 nitrogen and oxygen atoms in total. The molecule has 0 saturated heterocycles. The van der Waals surface area contributed by atoms with Gasteiger partial charge in [-0.1, -0.05) is 26.0 Å². The fraction of sp³-hybridized carbons (Fsp3) is 0.250. The first-order valence-corrected chi connectivity index (χ1v) is 8.96. The number of amides is 1.